The van der Waals surface area contributed by atoms with Gasteiger partial charge in [0.15, 0.2) is 17.3 Å². The SMILES string of the molecule is COc1c(OCc2ccc(C(N)=O)o2)cccc1C1SC(c2cncs2)=NN1C(=O)c1c(F)cc(F)cc1F. The Labute approximate surface area is 227 Å². The molecule has 200 valence electrons. The van der Waals surface area contributed by atoms with E-state index < -0.39 is 40.2 Å². The summed E-state index contributed by atoms with van der Waals surface area (Å²) in [5.41, 5.74) is 6.23. The number of amides is 2. The Kier molecular flexibility index (Phi) is 7.30. The molecule has 2 aromatic carbocycles. The zero-order chi connectivity index (χ0) is 27.7. The highest BCUT2D eigenvalue weighted by Crippen LogP contribution is 2.48. The fourth-order valence-electron chi connectivity index (χ4n) is 3.76. The summed E-state index contributed by atoms with van der Waals surface area (Å²) in [7, 11) is 1.39. The number of hydrazone groups is 1. The molecule has 0 bridgehead atoms. The van der Waals surface area contributed by atoms with Crippen LogP contribution in [0.3, 0.4) is 0 Å². The van der Waals surface area contributed by atoms with Crippen molar-refractivity contribution in [1.82, 2.24) is 9.99 Å². The molecule has 0 fully saturated rings. The lowest BCUT2D eigenvalue weighted by Gasteiger charge is -2.24. The number of para-hydroxylation sites is 1. The molecular formula is C25H17F3N4O5S2. The number of thioether (sulfide) groups is 1. The molecule has 1 atom stereocenters. The second-order valence-electron chi connectivity index (χ2n) is 7.93. The largest absolute Gasteiger partial charge is 0.492 e. The third kappa shape index (κ3) is 5.20. The molecule has 3 heterocycles. The van der Waals surface area contributed by atoms with Crippen LogP contribution < -0.4 is 15.2 Å². The van der Waals surface area contributed by atoms with Gasteiger partial charge in [-0.3, -0.25) is 14.6 Å². The minimum absolute atomic E-state index is 0.0289. The van der Waals surface area contributed by atoms with Crippen LogP contribution in [-0.2, 0) is 6.61 Å². The predicted molar refractivity (Wildman–Crippen MR) is 136 cm³/mol. The van der Waals surface area contributed by atoms with E-state index in [1.54, 1.807) is 29.9 Å². The number of hydrogen-bond donors (Lipinski definition) is 1. The van der Waals surface area contributed by atoms with Gasteiger partial charge in [0.05, 0.1) is 17.5 Å². The van der Waals surface area contributed by atoms with E-state index in [2.05, 4.69) is 10.1 Å². The number of nitrogens with zero attached hydrogens (tertiary/aromatic N) is 3. The summed E-state index contributed by atoms with van der Waals surface area (Å²) in [4.78, 5) is 29.4. The quantitative estimate of drug-likeness (QED) is 0.311. The summed E-state index contributed by atoms with van der Waals surface area (Å²) in [5.74, 6) is -4.96. The first kappa shape index (κ1) is 26.3. The van der Waals surface area contributed by atoms with E-state index in [9.17, 15) is 22.8 Å². The number of hydrogen-bond acceptors (Lipinski definition) is 9. The Bertz CT molecular complexity index is 1570. The second kappa shape index (κ2) is 10.8. The number of carbonyl (C=O) groups excluding carboxylic acids is 2. The van der Waals surface area contributed by atoms with Gasteiger partial charge < -0.3 is 19.6 Å². The van der Waals surface area contributed by atoms with Gasteiger partial charge in [0.25, 0.3) is 11.8 Å². The number of thiazole rings is 1. The molecule has 2 amide bonds. The van der Waals surface area contributed by atoms with Crippen LogP contribution in [-0.4, -0.2) is 34.0 Å². The highest BCUT2D eigenvalue weighted by atomic mass is 32.2. The van der Waals surface area contributed by atoms with Crippen molar-refractivity contribution >= 4 is 40.0 Å². The molecule has 0 saturated heterocycles. The van der Waals surface area contributed by atoms with Gasteiger partial charge in [-0.05, 0) is 18.2 Å². The number of furan rings is 1. The van der Waals surface area contributed by atoms with E-state index in [-0.39, 0.29) is 23.9 Å². The Morgan fingerprint density at radius 3 is 2.56 bits per heavy atom. The number of benzene rings is 2. The van der Waals surface area contributed by atoms with Crippen molar-refractivity contribution in [3.8, 4) is 11.5 Å². The van der Waals surface area contributed by atoms with Gasteiger partial charge in [-0.25, -0.2) is 18.2 Å². The Balaban J connectivity index is 1.51. The molecule has 0 spiro atoms. The van der Waals surface area contributed by atoms with Crippen LogP contribution in [0.25, 0.3) is 0 Å². The summed E-state index contributed by atoms with van der Waals surface area (Å²) < 4.78 is 59.4. The standard InChI is InChI=1S/C25H17F3N4O5S2/c1-35-21-14(3-2-4-17(21)36-10-13-5-6-18(37-13)22(29)33)25-32(31-23(39-25)19-9-30-11-38-19)24(34)20-15(27)7-12(26)8-16(20)28/h2-9,11,25H,10H2,1H3,(H2,29,33). The summed E-state index contributed by atoms with van der Waals surface area (Å²) >= 11 is 2.39. The third-order valence-electron chi connectivity index (χ3n) is 5.47. The molecule has 2 N–H and O–H groups in total. The van der Waals surface area contributed by atoms with Crippen molar-refractivity contribution < 1.29 is 36.7 Å². The zero-order valence-electron chi connectivity index (χ0n) is 19.9. The van der Waals surface area contributed by atoms with Crippen LogP contribution in [0.5, 0.6) is 11.5 Å². The molecule has 4 aromatic rings. The van der Waals surface area contributed by atoms with Crippen molar-refractivity contribution in [3.63, 3.8) is 0 Å². The van der Waals surface area contributed by atoms with Gasteiger partial charge in [0.2, 0.25) is 0 Å². The van der Waals surface area contributed by atoms with E-state index in [0.29, 0.717) is 33.4 Å². The number of rotatable bonds is 8. The predicted octanol–water partition coefficient (Wildman–Crippen LogP) is 5.09. The van der Waals surface area contributed by atoms with Gasteiger partial charge >= 0.3 is 0 Å². The Morgan fingerprint density at radius 2 is 1.92 bits per heavy atom. The van der Waals surface area contributed by atoms with Gasteiger partial charge in [-0.1, -0.05) is 23.9 Å². The first-order valence-electron chi connectivity index (χ1n) is 11.1. The number of methoxy groups -OCH3 is 1. The molecule has 1 aliphatic heterocycles. The first-order chi connectivity index (χ1) is 18.8. The lowest BCUT2D eigenvalue weighted by atomic mass is 10.1. The Morgan fingerprint density at radius 1 is 1.15 bits per heavy atom. The summed E-state index contributed by atoms with van der Waals surface area (Å²) in [5, 5.41) is 4.68. The minimum Gasteiger partial charge on any atom is -0.492 e. The van der Waals surface area contributed by atoms with Crippen molar-refractivity contribution in [2.75, 3.05) is 7.11 Å². The minimum atomic E-state index is -1.36. The number of ether oxygens (including phenoxy) is 2. The highest BCUT2D eigenvalue weighted by molar-refractivity contribution is 8.15. The monoisotopic (exact) mass is 574 g/mol. The maximum absolute atomic E-state index is 14.6. The number of aromatic nitrogens is 1. The normalized spacial score (nSPS) is 14.8. The fraction of sp³-hybridized carbons (Fsp3) is 0.120. The van der Waals surface area contributed by atoms with Gasteiger partial charge in [0, 0.05) is 23.9 Å². The molecular weight excluding hydrogens is 557 g/mol. The van der Waals surface area contributed by atoms with Crippen molar-refractivity contribution in [2.24, 2.45) is 10.8 Å². The van der Waals surface area contributed by atoms with Crippen LogP contribution in [0.2, 0.25) is 0 Å². The molecule has 5 rings (SSSR count). The summed E-state index contributed by atoms with van der Waals surface area (Å²) in [6.07, 6.45) is 1.54. The average molecular weight is 575 g/mol. The molecule has 9 nitrogen and oxygen atoms in total. The topological polar surface area (TPSA) is 120 Å². The van der Waals surface area contributed by atoms with Crippen LogP contribution in [0.4, 0.5) is 13.2 Å². The molecule has 39 heavy (non-hydrogen) atoms. The van der Waals surface area contributed by atoms with Crippen LogP contribution in [0, 0.1) is 17.5 Å². The van der Waals surface area contributed by atoms with Crippen molar-refractivity contribution in [1.29, 1.82) is 0 Å². The third-order valence-corrected chi connectivity index (χ3v) is 7.58. The molecule has 0 aliphatic carbocycles. The number of halogens is 3. The van der Waals surface area contributed by atoms with Crippen molar-refractivity contribution in [3.05, 3.63) is 99.1 Å². The van der Waals surface area contributed by atoms with Crippen LogP contribution >= 0.6 is 23.1 Å². The fourth-order valence-corrected chi connectivity index (χ4v) is 5.62. The number of carbonyl (C=O) groups is 2. The number of primary amides is 1. The maximum atomic E-state index is 14.6. The van der Waals surface area contributed by atoms with E-state index in [0.717, 1.165) is 16.8 Å². The average Bonchev–Trinajstić information content (AvgIpc) is 3.67. The number of nitrogens with two attached hydrogens (primary N) is 1. The second-order valence-corrected chi connectivity index (χ2v) is 9.89. The van der Waals surface area contributed by atoms with Crippen LogP contribution in [0.1, 0.15) is 42.5 Å². The summed E-state index contributed by atoms with van der Waals surface area (Å²) in [6, 6.07) is 8.69. The lowest BCUT2D eigenvalue weighted by Crippen LogP contribution is -2.28. The van der Waals surface area contributed by atoms with Gasteiger partial charge in [0.1, 0.15) is 45.8 Å². The molecule has 0 saturated carbocycles. The molecule has 2 aromatic heterocycles. The van der Waals surface area contributed by atoms with E-state index in [1.807, 2.05) is 0 Å². The zero-order valence-corrected chi connectivity index (χ0v) is 21.5. The molecule has 1 aliphatic rings. The van der Waals surface area contributed by atoms with Gasteiger partial charge in [-0.2, -0.15) is 5.10 Å². The molecule has 1 unspecified atom stereocenters. The Hall–Kier alpha value is -4.30. The molecule has 0 radical (unpaired) electrons. The van der Waals surface area contributed by atoms with Gasteiger partial charge in [-0.15, -0.1) is 11.3 Å². The molecule has 14 heteroatoms. The van der Waals surface area contributed by atoms with Crippen molar-refractivity contribution in [2.45, 2.75) is 12.0 Å². The van der Waals surface area contributed by atoms with Crippen LogP contribution in [0.15, 0.2) is 63.7 Å². The summed E-state index contributed by atoms with van der Waals surface area (Å²) in [6.45, 7) is -0.0812. The van der Waals surface area contributed by atoms with E-state index in [4.69, 9.17) is 19.6 Å². The lowest BCUT2D eigenvalue weighted by molar-refractivity contribution is 0.0737. The first-order valence-corrected chi connectivity index (χ1v) is 12.8. The maximum Gasteiger partial charge on any atom is 0.284 e. The van der Waals surface area contributed by atoms with E-state index in [1.165, 1.54) is 30.6 Å². The highest BCUT2D eigenvalue weighted by Gasteiger charge is 2.39. The van der Waals surface area contributed by atoms with E-state index >= 15 is 0 Å². The smallest absolute Gasteiger partial charge is 0.284 e.